The van der Waals surface area contributed by atoms with E-state index in [0.29, 0.717) is 0 Å². The van der Waals surface area contributed by atoms with Gasteiger partial charge >= 0.3 is 0 Å². The van der Waals surface area contributed by atoms with Gasteiger partial charge in [-0.2, -0.15) is 0 Å². The first kappa shape index (κ1) is 7.32. The van der Waals surface area contributed by atoms with Crippen LogP contribution in [0.15, 0.2) is 12.2 Å². The molecule has 2 N–H and O–H groups in total. The van der Waals surface area contributed by atoms with Crippen LogP contribution in [0.3, 0.4) is 0 Å². The molecule has 2 heteroatoms. The van der Waals surface area contributed by atoms with E-state index in [2.05, 4.69) is 6.08 Å². The molecule has 0 aromatic heterocycles. The fraction of sp³-hybridized carbons (Fsp3) is 0.625. The van der Waals surface area contributed by atoms with E-state index in [9.17, 15) is 4.79 Å². The minimum Gasteiger partial charge on any atom is -0.369 e. The molecule has 1 amide bonds. The third-order valence-corrected chi connectivity index (χ3v) is 1.87. The van der Waals surface area contributed by atoms with Crippen LogP contribution in [0, 0.1) is 5.92 Å². The van der Waals surface area contributed by atoms with Gasteiger partial charge in [0.25, 0.3) is 0 Å². The average Bonchev–Trinajstić information content (AvgIpc) is 2.12. The van der Waals surface area contributed by atoms with Gasteiger partial charge in [0.1, 0.15) is 0 Å². The highest BCUT2D eigenvalue weighted by Crippen LogP contribution is 2.15. The second-order valence-electron chi connectivity index (χ2n) is 2.72. The zero-order chi connectivity index (χ0) is 7.40. The van der Waals surface area contributed by atoms with Crippen molar-refractivity contribution in [2.45, 2.75) is 25.7 Å². The van der Waals surface area contributed by atoms with Crippen molar-refractivity contribution in [3.05, 3.63) is 12.2 Å². The fourth-order valence-electron chi connectivity index (χ4n) is 1.22. The molecule has 0 spiro atoms. The van der Waals surface area contributed by atoms with Crippen molar-refractivity contribution in [3.8, 4) is 0 Å². The molecule has 0 saturated heterocycles. The summed E-state index contributed by atoms with van der Waals surface area (Å²) in [6.07, 6.45) is 8.36. The van der Waals surface area contributed by atoms with Gasteiger partial charge in [0.15, 0.2) is 0 Å². The summed E-state index contributed by atoms with van der Waals surface area (Å²) in [5.74, 6) is -0.180. The molecule has 1 rings (SSSR count). The van der Waals surface area contributed by atoms with Gasteiger partial charge < -0.3 is 5.73 Å². The molecule has 10 heavy (non-hydrogen) atoms. The number of carbonyl (C=O) groups is 1. The van der Waals surface area contributed by atoms with Crippen molar-refractivity contribution >= 4 is 5.91 Å². The summed E-state index contributed by atoms with van der Waals surface area (Å²) in [6, 6.07) is 0. The number of rotatable bonds is 1. The van der Waals surface area contributed by atoms with Crippen LogP contribution in [0.2, 0.25) is 0 Å². The third kappa shape index (κ3) is 1.87. The van der Waals surface area contributed by atoms with Crippen molar-refractivity contribution < 1.29 is 4.79 Å². The molecule has 0 bridgehead atoms. The third-order valence-electron chi connectivity index (χ3n) is 1.87. The highest BCUT2D eigenvalue weighted by Gasteiger charge is 2.11. The van der Waals surface area contributed by atoms with Gasteiger partial charge in [0, 0.05) is 0 Å². The summed E-state index contributed by atoms with van der Waals surface area (Å²) < 4.78 is 0. The van der Waals surface area contributed by atoms with Crippen molar-refractivity contribution in [3.63, 3.8) is 0 Å². The minimum atomic E-state index is -0.182. The van der Waals surface area contributed by atoms with Gasteiger partial charge in [0.05, 0.1) is 5.92 Å². The van der Waals surface area contributed by atoms with Crippen molar-refractivity contribution in [2.75, 3.05) is 0 Å². The van der Waals surface area contributed by atoms with Crippen LogP contribution in [0.5, 0.6) is 0 Å². The lowest BCUT2D eigenvalue weighted by molar-refractivity contribution is -0.120. The van der Waals surface area contributed by atoms with E-state index >= 15 is 0 Å². The largest absolute Gasteiger partial charge is 0.369 e. The van der Waals surface area contributed by atoms with Crippen LogP contribution >= 0.6 is 0 Å². The van der Waals surface area contributed by atoms with E-state index in [1.165, 1.54) is 6.42 Å². The zero-order valence-corrected chi connectivity index (χ0v) is 6.05. The molecule has 0 aromatic carbocycles. The van der Waals surface area contributed by atoms with Gasteiger partial charge in [0.2, 0.25) is 5.91 Å². The highest BCUT2D eigenvalue weighted by molar-refractivity contribution is 5.78. The monoisotopic (exact) mass is 139 g/mol. The lowest BCUT2D eigenvalue weighted by Crippen LogP contribution is -2.20. The maximum Gasteiger partial charge on any atom is 0.224 e. The molecule has 0 heterocycles. The Morgan fingerprint density at radius 3 is 3.00 bits per heavy atom. The van der Waals surface area contributed by atoms with Gasteiger partial charge in [-0.15, -0.1) is 0 Å². The van der Waals surface area contributed by atoms with Gasteiger partial charge in [-0.05, 0) is 19.3 Å². The Kier molecular flexibility index (Phi) is 2.49. The predicted octanol–water partition coefficient (Wildman–Crippen LogP) is 1.22. The fourth-order valence-corrected chi connectivity index (χ4v) is 1.22. The van der Waals surface area contributed by atoms with Crippen LogP contribution in [0.25, 0.3) is 0 Å². The zero-order valence-electron chi connectivity index (χ0n) is 6.05. The first-order valence-corrected chi connectivity index (χ1v) is 3.76. The molecular weight excluding hydrogens is 126 g/mol. The summed E-state index contributed by atoms with van der Waals surface area (Å²) in [5, 5.41) is 0. The van der Waals surface area contributed by atoms with Crippen molar-refractivity contribution in [1.29, 1.82) is 0 Å². The van der Waals surface area contributed by atoms with E-state index in [1.807, 2.05) is 6.08 Å². The number of carbonyl (C=O) groups excluding carboxylic acids is 1. The van der Waals surface area contributed by atoms with Crippen molar-refractivity contribution in [2.24, 2.45) is 11.7 Å². The van der Waals surface area contributed by atoms with E-state index < -0.39 is 0 Å². The van der Waals surface area contributed by atoms with Crippen LogP contribution < -0.4 is 5.73 Å². The van der Waals surface area contributed by atoms with Crippen LogP contribution in [0.4, 0.5) is 0 Å². The Morgan fingerprint density at radius 1 is 1.50 bits per heavy atom. The van der Waals surface area contributed by atoms with Gasteiger partial charge in [-0.25, -0.2) is 0 Å². The molecule has 0 radical (unpaired) electrons. The lowest BCUT2D eigenvalue weighted by Gasteiger charge is -2.03. The van der Waals surface area contributed by atoms with E-state index in [1.54, 1.807) is 0 Å². The van der Waals surface area contributed by atoms with Gasteiger partial charge in [-0.3, -0.25) is 4.79 Å². The SMILES string of the molecule is NC(=O)C1C=CCCCC1. The average molecular weight is 139 g/mol. The van der Waals surface area contributed by atoms with Crippen LogP contribution in [-0.2, 0) is 4.79 Å². The minimum absolute atomic E-state index is 0.00231. The smallest absolute Gasteiger partial charge is 0.224 e. The molecule has 0 saturated carbocycles. The molecule has 0 fully saturated rings. The van der Waals surface area contributed by atoms with E-state index in [-0.39, 0.29) is 11.8 Å². The Labute approximate surface area is 61.1 Å². The maximum absolute atomic E-state index is 10.7. The summed E-state index contributed by atoms with van der Waals surface area (Å²) in [5.41, 5.74) is 5.15. The van der Waals surface area contributed by atoms with E-state index in [0.717, 1.165) is 19.3 Å². The predicted molar refractivity (Wildman–Crippen MR) is 40.3 cm³/mol. The Bertz CT molecular complexity index is 151. The number of primary amides is 1. The Morgan fingerprint density at radius 2 is 2.30 bits per heavy atom. The number of amides is 1. The topological polar surface area (TPSA) is 43.1 Å². The second kappa shape index (κ2) is 3.40. The van der Waals surface area contributed by atoms with Crippen LogP contribution in [0.1, 0.15) is 25.7 Å². The summed E-state index contributed by atoms with van der Waals surface area (Å²) in [7, 11) is 0. The molecule has 1 atom stereocenters. The van der Waals surface area contributed by atoms with Gasteiger partial charge in [-0.1, -0.05) is 18.6 Å². The van der Waals surface area contributed by atoms with E-state index in [4.69, 9.17) is 5.73 Å². The number of allylic oxidation sites excluding steroid dienone is 1. The molecule has 2 nitrogen and oxygen atoms in total. The normalized spacial score (nSPS) is 25.8. The molecule has 56 valence electrons. The Balaban J connectivity index is 2.49. The number of hydrogen-bond donors (Lipinski definition) is 1. The maximum atomic E-state index is 10.7. The number of hydrogen-bond acceptors (Lipinski definition) is 1. The summed E-state index contributed by atoms with van der Waals surface area (Å²) in [4.78, 5) is 10.7. The van der Waals surface area contributed by atoms with Crippen molar-refractivity contribution in [1.82, 2.24) is 0 Å². The molecule has 1 aliphatic carbocycles. The number of nitrogens with two attached hydrogens (primary N) is 1. The first-order chi connectivity index (χ1) is 4.80. The highest BCUT2D eigenvalue weighted by atomic mass is 16.1. The molecule has 1 aliphatic rings. The summed E-state index contributed by atoms with van der Waals surface area (Å²) >= 11 is 0. The lowest BCUT2D eigenvalue weighted by atomic mass is 10.0. The molecule has 0 aromatic rings. The molecule has 0 aliphatic heterocycles. The molecule has 1 unspecified atom stereocenters. The second-order valence-corrected chi connectivity index (χ2v) is 2.72. The standard InChI is InChI=1S/C8H13NO/c9-8(10)7-5-3-1-2-4-6-7/h3,5,7H,1-2,4,6H2,(H2,9,10). The summed E-state index contributed by atoms with van der Waals surface area (Å²) in [6.45, 7) is 0. The quantitative estimate of drug-likeness (QED) is 0.545. The molecular formula is C8H13NO. The Hall–Kier alpha value is -0.790. The van der Waals surface area contributed by atoms with Crippen LogP contribution in [-0.4, -0.2) is 5.91 Å². The first-order valence-electron chi connectivity index (χ1n) is 3.76.